The molecule has 0 aromatic carbocycles. The third kappa shape index (κ3) is 3.27. The van der Waals surface area contributed by atoms with Crippen LogP contribution in [-0.2, 0) is 6.54 Å². The van der Waals surface area contributed by atoms with Crippen LogP contribution in [0.1, 0.15) is 42.3 Å². The predicted octanol–water partition coefficient (Wildman–Crippen LogP) is 3.25. The first kappa shape index (κ1) is 15.6. The van der Waals surface area contributed by atoms with Crippen molar-refractivity contribution < 1.29 is 9.84 Å². The zero-order valence-electron chi connectivity index (χ0n) is 13.4. The van der Waals surface area contributed by atoms with Gasteiger partial charge in [-0.25, -0.2) is 0 Å². The van der Waals surface area contributed by atoms with Gasteiger partial charge in [-0.05, 0) is 31.4 Å². The van der Waals surface area contributed by atoms with E-state index in [2.05, 4.69) is 4.98 Å². The van der Waals surface area contributed by atoms with Gasteiger partial charge < -0.3 is 14.4 Å². The second-order valence-corrected chi connectivity index (χ2v) is 5.85. The molecule has 114 valence electrons. The lowest BCUT2D eigenvalue weighted by Crippen LogP contribution is -2.06. The maximum absolute atomic E-state index is 10.1. The molecule has 0 bridgehead atoms. The molecule has 0 saturated heterocycles. The van der Waals surface area contributed by atoms with Gasteiger partial charge in [0.15, 0.2) is 0 Å². The number of hydrogen-bond acceptors (Lipinski definition) is 3. The van der Waals surface area contributed by atoms with Crippen LogP contribution >= 0.6 is 0 Å². The molecule has 1 N–H and O–H groups in total. The molecule has 0 saturated carbocycles. The summed E-state index contributed by atoms with van der Waals surface area (Å²) in [5, 5.41) is 10.1. The van der Waals surface area contributed by atoms with E-state index in [1.54, 1.807) is 7.11 Å². The predicted molar refractivity (Wildman–Crippen MR) is 83.6 cm³/mol. The molecule has 2 rings (SSSR count). The van der Waals surface area contributed by atoms with Crippen LogP contribution < -0.4 is 4.74 Å². The molecule has 0 amide bonds. The second-order valence-electron chi connectivity index (χ2n) is 5.85. The van der Waals surface area contributed by atoms with Crippen molar-refractivity contribution in [1.29, 1.82) is 0 Å². The fraction of sp³-hybridized carbons (Fsp3) is 0.471. The third-order valence-corrected chi connectivity index (χ3v) is 3.83. The minimum Gasteiger partial charge on any atom is -0.496 e. The van der Waals surface area contributed by atoms with Gasteiger partial charge >= 0.3 is 0 Å². The minimum atomic E-state index is -0.423. The lowest BCUT2D eigenvalue weighted by molar-refractivity contribution is 0.127. The summed E-state index contributed by atoms with van der Waals surface area (Å²) in [6.07, 6.45) is 5.38. The highest BCUT2D eigenvalue weighted by Crippen LogP contribution is 2.25. The highest BCUT2D eigenvalue weighted by atomic mass is 16.5. The van der Waals surface area contributed by atoms with Crippen LogP contribution in [0.4, 0.5) is 0 Å². The van der Waals surface area contributed by atoms with E-state index < -0.39 is 6.10 Å². The lowest BCUT2D eigenvalue weighted by atomic mass is 10.0. The maximum atomic E-state index is 10.1. The quantitative estimate of drug-likeness (QED) is 0.918. The summed E-state index contributed by atoms with van der Waals surface area (Å²) in [5.41, 5.74) is 4.04. The largest absolute Gasteiger partial charge is 0.496 e. The standard InChI is InChI=1S/C17H24N2O2/c1-11(2)16(20)14-6-7-19(9-14)10-15-13(4)17(21-5)12(3)8-18-15/h6-9,11,16,20H,10H2,1-5H3. The average Bonchev–Trinajstić information content (AvgIpc) is 2.90. The maximum Gasteiger partial charge on any atom is 0.128 e. The Kier molecular flexibility index (Phi) is 4.68. The van der Waals surface area contributed by atoms with E-state index in [-0.39, 0.29) is 5.92 Å². The van der Waals surface area contributed by atoms with Gasteiger partial charge in [0, 0.05) is 29.7 Å². The highest BCUT2D eigenvalue weighted by Gasteiger charge is 2.14. The van der Waals surface area contributed by atoms with Crippen LogP contribution in [0.15, 0.2) is 24.7 Å². The molecule has 0 spiro atoms. The van der Waals surface area contributed by atoms with Crippen molar-refractivity contribution in [2.24, 2.45) is 5.92 Å². The Morgan fingerprint density at radius 2 is 2.05 bits per heavy atom. The molecular formula is C17H24N2O2. The summed E-state index contributed by atoms with van der Waals surface area (Å²) in [7, 11) is 1.69. The fourth-order valence-electron chi connectivity index (χ4n) is 2.52. The SMILES string of the molecule is COc1c(C)cnc(Cn2ccc(C(O)C(C)C)c2)c1C. The number of hydrogen-bond donors (Lipinski definition) is 1. The fourth-order valence-corrected chi connectivity index (χ4v) is 2.52. The van der Waals surface area contributed by atoms with E-state index in [1.807, 2.05) is 56.9 Å². The summed E-state index contributed by atoms with van der Waals surface area (Å²) < 4.78 is 7.49. The first-order valence-electron chi connectivity index (χ1n) is 7.26. The van der Waals surface area contributed by atoms with Crippen LogP contribution in [0.25, 0.3) is 0 Å². The first-order valence-corrected chi connectivity index (χ1v) is 7.26. The van der Waals surface area contributed by atoms with E-state index in [0.717, 1.165) is 28.1 Å². The zero-order valence-corrected chi connectivity index (χ0v) is 13.4. The number of ether oxygens (including phenoxy) is 1. The van der Waals surface area contributed by atoms with Crippen LogP contribution in [0, 0.1) is 19.8 Å². The Labute approximate surface area is 126 Å². The van der Waals surface area contributed by atoms with Gasteiger partial charge in [0.05, 0.1) is 25.5 Å². The Bertz CT molecular complexity index is 617. The molecule has 4 heteroatoms. The number of nitrogens with zero attached hydrogens (tertiary/aromatic N) is 2. The van der Waals surface area contributed by atoms with Crippen LogP contribution in [0.2, 0.25) is 0 Å². The molecule has 1 unspecified atom stereocenters. The summed E-state index contributed by atoms with van der Waals surface area (Å²) in [4.78, 5) is 4.51. The summed E-state index contributed by atoms with van der Waals surface area (Å²) >= 11 is 0. The van der Waals surface area contributed by atoms with Crippen molar-refractivity contribution in [2.45, 2.75) is 40.3 Å². The molecule has 21 heavy (non-hydrogen) atoms. The summed E-state index contributed by atoms with van der Waals surface area (Å²) in [6.45, 7) is 8.72. The van der Waals surface area contributed by atoms with Crippen LogP contribution in [-0.4, -0.2) is 21.8 Å². The number of aryl methyl sites for hydroxylation is 1. The number of aliphatic hydroxyl groups is 1. The second kappa shape index (κ2) is 6.31. The van der Waals surface area contributed by atoms with Gasteiger partial charge in [0.25, 0.3) is 0 Å². The number of aliphatic hydroxyl groups excluding tert-OH is 1. The Hall–Kier alpha value is -1.81. The Morgan fingerprint density at radius 1 is 1.33 bits per heavy atom. The van der Waals surface area contributed by atoms with Crippen molar-refractivity contribution in [3.8, 4) is 5.75 Å². The molecular weight excluding hydrogens is 264 g/mol. The monoisotopic (exact) mass is 288 g/mol. The smallest absolute Gasteiger partial charge is 0.128 e. The van der Waals surface area contributed by atoms with Crippen molar-refractivity contribution >= 4 is 0 Å². The topological polar surface area (TPSA) is 47.3 Å². The van der Waals surface area contributed by atoms with Gasteiger partial charge in [-0.15, -0.1) is 0 Å². The van der Waals surface area contributed by atoms with Crippen LogP contribution in [0.3, 0.4) is 0 Å². The van der Waals surface area contributed by atoms with E-state index in [0.29, 0.717) is 6.54 Å². The normalized spacial score (nSPS) is 12.7. The molecule has 2 aromatic rings. The molecule has 0 fully saturated rings. The van der Waals surface area contributed by atoms with E-state index in [1.165, 1.54) is 0 Å². The van der Waals surface area contributed by atoms with Gasteiger partial charge in [0.2, 0.25) is 0 Å². The molecule has 2 heterocycles. The van der Waals surface area contributed by atoms with Gasteiger partial charge in [-0.1, -0.05) is 13.8 Å². The number of aromatic nitrogens is 2. The Morgan fingerprint density at radius 3 is 2.67 bits per heavy atom. The molecule has 1 atom stereocenters. The molecule has 0 radical (unpaired) electrons. The van der Waals surface area contributed by atoms with Crippen molar-refractivity contribution in [1.82, 2.24) is 9.55 Å². The summed E-state index contributed by atoms with van der Waals surface area (Å²) in [5.74, 6) is 1.11. The van der Waals surface area contributed by atoms with E-state index in [4.69, 9.17) is 4.74 Å². The van der Waals surface area contributed by atoms with Gasteiger partial charge in [-0.2, -0.15) is 0 Å². The van der Waals surface area contributed by atoms with Crippen molar-refractivity contribution in [2.75, 3.05) is 7.11 Å². The average molecular weight is 288 g/mol. The summed E-state index contributed by atoms with van der Waals surface area (Å²) in [6, 6.07) is 1.96. The minimum absolute atomic E-state index is 0.209. The van der Waals surface area contributed by atoms with Crippen LogP contribution in [0.5, 0.6) is 5.75 Å². The van der Waals surface area contributed by atoms with Gasteiger partial charge in [0.1, 0.15) is 5.75 Å². The van der Waals surface area contributed by atoms with E-state index >= 15 is 0 Å². The van der Waals surface area contributed by atoms with Gasteiger partial charge in [-0.3, -0.25) is 4.98 Å². The molecule has 2 aromatic heterocycles. The molecule has 4 nitrogen and oxygen atoms in total. The van der Waals surface area contributed by atoms with Crippen molar-refractivity contribution in [3.63, 3.8) is 0 Å². The lowest BCUT2D eigenvalue weighted by Gasteiger charge is -2.13. The number of rotatable bonds is 5. The molecule has 0 aliphatic rings. The number of pyridine rings is 1. The first-order chi connectivity index (χ1) is 9.93. The Balaban J connectivity index is 2.23. The van der Waals surface area contributed by atoms with E-state index in [9.17, 15) is 5.11 Å². The zero-order chi connectivity index (χ0) is 15.6. The molecule has 0 aliphatic carbocycles. The number of methoxy groups -OCH3 is 1. The third-order valence-electron chi connectivity index (χ3n) is 3.83. The highest BCUT2D eigenvalue weighted by molar-refractivity contribution is 5.41. The van der Waals surface area contributed by atoms with Crippen molar-refractivity contribution in [3.05, 3.63) is 47.0 Å². The molecule has 0 aliphatic heterocycles.